The molecule has 0 atom stereocenters. The van der Waals surface area contributed by atoms with Gasteiger partial charge < -0.3 is 4.90 Å². The predicted octanol–water partition coefficient (Wildman–Crippen LogP) is 2.95. The summed E-state index contributed by atoms with van der Waals surface area (Å²) in [6.45, 7) is 0. The van der Waals surface area contributed by atoms with Crippen LogP contribution in [0.15, 0.2) is 59.4 Å². The van der Waals surface area contributed by atoms with Crippen LogP contribution in [0.25, 0.3) is 26.8 Å². The van der Waals surface area contributed by atoms with Gasteiger partial charge in [-0.25, -0.2) is 0 Å². The number of benzene rings is 2. The highest BCUT2D eigenvalue weighted by molar-refractivity contribution is 7.19. The van der Waals surface area contributed by atoms with Crippen LogP contribution in [-0.4, -0.2) is 33.9 Å². The highest BCUT2D eigenvalue weighted by Gasteiger charge is 2.14. The lowest BCUT2D eigenvalue weighted by molar-refractivity contribution is 0.862. The van der Waals surface area contributed by atoms with Gasteiger partial charge in [0.15, 0.2) is 5.69 Å². The smallest absolute Gasteiger partial charge is 0.302 e. The first-order valence-electron chi connectivity index (χ1n) is 7.73. The van der Waals surface area contributed by atoms with E-state index in [1.54, 1.807) is 0 Å². The molecule has 124 valence electrons. The molecule has 6 nitrogen and oxygen atoms in total. The van der Waals surface area contributed by atoms with Gasteiger partial charge in [0.05, 0.1) is 0 Å². The van der Waals surface area contributed by atoms with Crippen LogP contribution in [-0.2, 0) is 0 Å². The van der Waals surface area contributed by atoms with E-state index in [0.717, 1.165) is 21.8 Å². The summed E-state index contributed by atoms with van der Waals surface area (Å²) in [5, 5.41) is 13.5. The molecule has 0 radical (unpaired) electrons. The Bertz CT molecular complexity index is 1080. The average Bonchev–Trinajstić information content (AvgIpc) is 3.08. The third-order valence-electron chi connectivity index (χ3n) is 3.87. The summed E-state index contributed by atoms with van der Waals surface area (Å²) >= 11 is 1.35. The molecule has 0 saturated heterocycles. The zero-order valence-corrected chi connectivity index (χ0v) is 14.6. The Labute approximate surface area is 148 Å². The molecule has 2 aromatic carbocycles. The molecule has 0 fully saturated rings. The van der Waals surface area contributed by atoms with E-state index in [1.165, 1.54) is 15.9 Å². The molecule has 0 unspecified atom stereocenters. The second kappa shape index (κ2) is 6.10. The van der Waals surface area contributed by atoms with Crippen LogP contribution in [0.4, 0.5) is 5.69 Å². The van der Waals surface area contributed by atoms with Crippen molar-refractivity contribution in [2.24, 2.45) is 0 Å². The van der Waals surface area contributed by atoms with Gasteiger partial charge in [0.25, 0.3) is 0 Å². The van der Waals surface area contributed by atoms with Crippen LogP contribution >= 0.6 is 11.3 Å². The SMILES string of the molecule is CN(C)c1ccc(-c2nn3c(=O)c(-c4ccccc4)nnc3s2)cc1. The molecular weight excluding hydrogens is 334 g/mol. The fourth-order valence-corrected chi connectivity index (χ4v) is 3.35. The van der Waals surface area contributed by atoms with Gasteiger partial charge in [0.2, 0.25) is 4.96 Å². The third-order valence-corrected chi connectivity index (χ3v) is 4.82. The van der Waals surface area contributed by atoms with Crippen molar-refractivity contribution in [3.05, 3.63) is 65.0 Å². The summed E-state index contributed by atoms with van der Waals surface area (Å²) < 4.78 is 1.33. The van der Waals surface area contributed by atoms with Crippen molar-refractivity contribution in [1.82, 2.24) is 19.8 Å². The van der Waals surface area contributed by atoms with Gasteiger partial charge in [-0.3, -0.25) is 4.79 Å². The Morgan fingerprint density at radius 2 is 1.64 bits per heavy atom. The van der Waals surface area contributed by atoms with E-state index in [1.807, 2.05) is 73.6 Å². The Kier molecular flexibility index (Phi) is 3.77. The number of hydrogen-bond acceptors (Lipinski definition) is 6. The van der Waals surface area contributed by atoms with E-state index in [-0.39, 0.29) is 5.56 Å². The monoisotopic (exact) mass is 349 g/mol. The van der Waals surface area contributed by atoms with E-state index >= 15 is 0 Å². The van der Waals surface area contributed by atoms with Crippen LogP contribution in [0.5, 0.6) is 0 Å². The Hall–Kier alpha value is -3.06. The average molecular weight is 349 g/mol. The highest BCUT2D eigenvalue weighted by atomic mass is 32.1. The van der Waals surface area contributed by atoms with E-state index in [2.05, 4.69) is 15.3 Å². The Morgan fingerprint density at radius 3 is 2.32 bits per heavy atom. The lowest BCUT2D eigenvalue weighted by atomic mass is 10.2. The number of hydrogen-bond donors (Lipinski definition) is 0. The number of fused-ring (bicyclic) bond motifs is 1. The van der Waals surface area contributed by atoms with Gasteiger partial charge in [-0.05, 0) is 24.3 Å². The van der Waals surface area contributed by atoms with Gasteiger partial charge >= 0.3 is 5.56 Å². The van der Waals surface area contributed by atoms with E-state index < -0.39 is 0 Å². The minimum atomic E-state index is -0.261. The van der Waals surface area contributed by atoms with Crippen LogP contribution in [0.3, 0.4) is 0 Å². The van der Waals surface area contributed by atoms with Crippen LogP contribution in [0, 0.1) is 0 Å². The molecule has 0 N–H and O–H groups in total. The summed E-state index contributed by atoms with van der Waals surface area (Å²) in [4.78, 5) is 15.2. The summed E-state index contributed by atoms with van der Waals surface area (Å²) in [6, 6.07) is 17.3. The van der Waals surface area contributed by atoms with Crippen molar-refractivity contribution in [3.63, 3.8) is 0 Å². The summed E-state index contributed by atoms with van der Waals surface area (Å²) in [5.74, 6) is 0. The molecule has 0 bridgehead atoms. The first kappa shape index (κ1) is 15.5. The molecule has 0 aliphatic carbocycles. The minimum absolute atomic E-state index is 0.261. The standard InChI is InChI=1S/C18H15N5OS/c1-22(2)14-10-8-13(9-11-14)16-21-23-17(24)15(19-20-18(23)25-16)12-6-4-3-5-7-12/h3-11H,1-2H3. The fourth-order valence-electron chi connectivity index (χ4n) is 2.51. The van der Waals surface area contributed by atoms with Crippen LogP contribution in [0.1, 0.15) is 0 Å². The molecule has 4 aromatic rings. The molecule has 0 saturated carbocycles. The van der Waals surface area contributed by atoms with Crippen molar-refractivity contribution in [2.45, 2.75) is 0 Å². The third kappa shape index (κ3) is 2.78. The topological polar surface area (TPSA) is 63.4 Å². The van der Waals surface area contributed by atoms with E-state index in [0.29, 0.717) is 10.7 Å². The lowest BCUT2D eigenvalue weighted by Crippen LogP contribution is -2.19. The van der Waals surface area contributed by atoms with Crippen molar-refractivity contribution >= 4 is 22.0 Å². The van der Waals surface area contributed by atoms with Gasteiger partial charge in [-0.2, -0.15) is 9.61 Å². The maximum atomic E-state index is 12.7. The maximum Gasteiger partial charge on any atom is 0.302 e. The van der Waals surface area contributed by atoms with Crippen molar-refractivity contribution in [3.8, 4) is 21.8 Å². The van der Waals surface area contributed by atoms with E-state index in [4.69, 9.17) is 0 Å². The molecule has 4 rings (SSSR count). The van der Waals surface area contributed by atoms with Crippen LogP contribution < -0.4 is 10.5 Å². The lowest BCUT2D eigenvalue weighted by Gasteiger charge is -2.11. The molecule has 0 spiro atoms. The largest absolute Gasteiger partial charge is 0.378 e. The highest BCUT2D eigenvalue weighted by Crippen LogP contribution is 2.26. The summed E-state index contributed by atoms with van der Waals surface area (Å²) in [6.07, 6.45) is 0. The van der Waals surface area contributed by atoms with E-state index in [9.17, 15) is 4.79 Å². The first-order chi connectivity index (χ1) is 12.1. The normalized spacial score (nSPS) is 11.0. The van der Waals surface area contributed by atoms with Crippen LogP contribution in [0.2, 0.25) is 0 Å². The second-order valence-corrected chi connectivity index (χ2v) is 6.72. The summed E-state index contributed by atoms with van der Waals surface area (Å²) in [5.41, 5.74) is 2.83. The van der Waals surface area contributed by atoms with Crippen molar-refractivity contribution < 1.29 is 0 Å². The molecule has 2 heterocycles. The molecule has 0 amide bonds. The molecule has 2 aromatic heterocycles. The first-order valence-corrected chi connectivity index (χ1v) is 8.55. The number of nitrogens with zero attached hydrogens (tertiary/aromatic N) is 5. The number of anilines is 1. The molecular formula is C18H15N5OS. The Balaban J connectivity index is 1.81. The second-order valence-electron chi connectivity index (χ2n) is 5.76. The van der Waals surface area contributed by atoms with Crippen molar-refractivity contribution in [2.75, 3.05) is 19.0 Å². The molecule has 25 heavy (non-hydrogen) atoms. The molecule has 0 aliphatic rings. The number of rotatable bonds is 3. The minimum Gasteiger partial charge on any atom is -0.378 e. The summed E-state index contributed by atoms with van der Waals surface area (Å²) in [7, 11) is 3.99. The number of aromatic nitrogens is 4. The Morgan fingerprint density at radius 1 is 0.920 bits per heavy atom. The molecule has 7 heteroatoms. The van der Waals surface area contributed by atoms with Gasteiger partial charge in [0, 0.05) is 30.9 Å². The van der Waals surface area contributed by atoms with Crippen molar-refractivity contribution in [1.29, 1.82) is 0 Å². The van der Waals surface area contributed by atoms with Gasteiger partial charge in [0.1, 0.15) is 5.01 Å². The fraction of sp³-hybridized carbons (Fsp3) is 0.111. The van der Waals surface area contributed by atoms with Gasteiger partial charge in [-0.15, -0.1) is 10.2 Å². The zero-order valence-electron chi connectivity index (χ0n) is 13.7. The zero-order chi connectivity index (χ0) is 17.4. The predicted molar refractivity (Wildman–Crippen MR) is 100 cm³/mol. The van der Waals surface area contributed by atoms with Gasteiger partial charge in [-0.1, -0.05) is 41.7 Å². The quantitative estimate of drug-likeness (QED) is 0.569. The molecule has 0 aliphatic heterocycles. The maximum absolute atomic E-state index is 12.7.